The highest BCUT2D eigenvalue weighted by Gasteiger charge is 2.05. The minimum atomic E-state index is -1.07. The molecule has 2 aromatic rings. The zero-order valence-corrected chi connectivity index (χ0v) is 12.1. The average Bonchev–Trinajstić information content (AvgIpc) is 2.55. The first kappa shape index (κ1) is 15.2. The lowest BCUT2D eigenvalue weighted by molar-refractivity contribution is -0.137. The predicted octanol–water partition coefficient (Wildman–Crippen LogP) is 1.39. The number of anilines is 2. The Morgan fingerprint density at radius 1 is 1.05 bits per heavy atom. The van der Waals surface area contributed by atoms with Crippen LogP contribution < -0.4 is 16.1 Å². The summed E-state index contributed by atoms with van der Waals surface area (Å²) < 4.78 is 0. The number of primary amides is 1. The molecule has 0 aliphatic heterocycles. The highest BCUT2D eigenvalue weighted by molar-refractivity contribution is 6.34. The first-order valence-electron chi connectivity index (χ1n) is 6.59. The topological polar surface area (TPSA) is 87.8 Å². The van der Waals surface area contributed by atoms with Crippen LogP contribution in [0.15, 0.2) is 59.7 Å². The third-order valence-corrected chi connectivity index (χ3v) is 3.03. The standard InChI is InChI=1S/C16H16N4O2/c1-20(13-5-3-2-4-6-13)14-9-7-12(8-10-14)11-18-19-16(22)15(17)21/h2-11H,1H3,(H2,17,21)(H,19,22). The summed E-state index contributed by atoms with van der Waals surface area (Å²) in [4.78, 5) is 23.5. The highest BCUT2D eigenvalue weighted by Crippen LogP contribution is 2.22. The monoisotopic (exact) mass is 296 g/mol. The smallest absolute Gasteiger partial charge is 0.329 e. The molecule has 2 aromatic carbocycles. The Balaban J connectivity index is 2.03. The maximum atomic E-state index is 10.9. The number of nitrogens with one attached hydrogen (secondary N) is 1. The number of amides is 2. The molecule has 0 spiro atoms. The number of nitrogens with two attached hydrogens (primary N) is 1. The van der Waals surface area contributed by atoms with Gasteiger partial charge in [0.25, 0.3) is 0 Å². The number of para-hydroxylation sites is 1. The summed E-state index contributed by atoms with van der Waals surface area (Å²) in [6, 6.07) is 17.6. The molecule has 2 amide bonds. The summed E-state index contributed by atoms with van der Waals surface area (Å²) in [5, 5.41) is 3.66. The van der Waals surface area contributed by atoms with E-state index >= 15 is 0 Å². The van der Waals surface area contributed by atoms with Crippen molar-refractivity contribution in [1.82, 2.24) is 5.43 Å². The van der Waals surface area contributed by atoms with E-state index in [0.29, 0.717) is 0 Å². The molecule has 0 fully saturated rings. The third-order valence-electron chi connectivity index (χ3n) is 3.03. The summed E-state index contributed by atoms with van der Waals surface area (Å²) >= 11 is 0. The van der Waals surface area contributed by atoms with Crippen LogP contribution in [0.25, 0.3) is 0 Å². The molecule has 0 unspecified atom stereocenters. The molecule has 0 bridgehead atoms. The van der Waals surface area contributed by atoms with Gasteiger partial charge in [0, 0.05) is 18.4 Å². The van der Waals surface area contributed by atoms with Gasteiger partial charge < -0.3 is 10.6 Å². The van der Waals surface area contributed by atoms with E-state index in [1.54, 1.807) is 0 Å². The summed E-state index contributed by atoms with van der Waals surface area (Å²) in [6.07, 6.45) is 1.44. The maximum absolute atomic E-state index is 10.9. The largest absolute Gasteiger partial charge is 0.361 e. The minimum Gasteiger partial charge on any atom is -0.361 e. The Kier molecular flexibility index (Phi) is 4.87. The summed E-state index contributed by atoms with van der Waals surface area (Å²) in [6.45, 7) is 0. The van der Waals surface area contributed by atoms with Crippen LogP contribution in [-0.2, 0) is 9.59 Å². The van der Waals surface area contributed by atoms with E-state index in [2.05, 4.69) is 10.0 Å². The van der Waals surface area contributed by atoms with E-state index in [1.165, 1.54) is 6.21 Å². The fraction of sp³-hybridized carbons (Fsp3) is 0.0625. The first-order valence-corrected chi connectivity index (χ1v) is 6.59. The van der Waals surface area contributed by atoms with Gasteiger partial charge >= 0.3 is 11.8 Å². The van der Waals surface area contributed by atoms with Crippen LogP contribution in [0.2, 0.25) is 0 Å². The van der Waals surface area contributed by atoms with Crippen LogP contribution in [0, 0.1) is 0 Å². The van der Waals surface area contributed by atoms with Crippen LogP contribution in [0.5, 0.6) is 0 Å². The van der Waals surface area contributed by atoms with E-state index in [-0.39, 0.29) is 0 Å². The van der Waals surface area contributed by atoms with Gasteiger partial charge in [-0.1, -0.05) is 30.3 Å². The lowest BCUT2D eigenvalue weighted by atomic mass is 10.2. The van der Waals surface area contributed by atoms with E-state index in [1.807, 2.05) is 67.1 Å². The normalized spacial score (nSPS) is 10.4. The van der Waals surface area contributed by atoms with Crippen LogP contribution in [0.4, 0.5) is 11.4 Å². The van der Waals surface area contributed by atoms with Gasteiger partial charge in [-0.3, -0.25) is 9.59 Å². The Hall–Kier alpha value is -3.15. The number of nitrogens with zero attached hydrogens (tertiary/aromatic N) is 2. The number of hydrazone groups is 1. The molecular formula is C16H16N4O2. The third kappa shape index (κ3) is 3.92. The van der Waals surface area contributed by atoms with Gasteiger partial charge in [-0.15, -0.1) is 0 Å². The van der Waals surface area contributed by atoms with Gasteiger partial charge in [-0.25, -0.2) is 5.43 Å². The number of carbonyl (C=O) groups excluding carboxylic acids is 2. The number of hydrogen-bond donors (Lipinski definition) is 2. The second kappa shape index (κ2) is 7.03. The van der Waals surface area contributed by atoms with Crippen LogP contribution in [-0.4, -0.2) is 25.1 Å². The molecule has 0 saturated heterocycles. The lowest BCUT2D eigenvalue weighted by Crippen LogP contribution is -2.32. The van der Waals surface area contributed by atoms with Crippen LogP contribution in [0.3, 0.4) is 0 Å². The molecule has 112 valence electrons. The molecule has 6 heteroatoms. The molecule has 0 atom stereocenters. The van der Waals surface area contributed by atoms with E-state index in [4.69, 9.17) is 5.73 Å². The first-order chi connectivity index (χ1) is 10.6. The Morgan fingerprint density at radius 2 is 1.64 bits per heavy atom. The van der Waals surface area contributed by atoms with Gasteiger partial charge in [-0.2, -0.15) is 5.10 Å². The number of carbonyl (C=O) groups is 2. The van der Waals surface area contributed by atoms with E-state index in [9.17, 15) is 9.59 Å². The molecule has 3 N–H and O–H groups in total. The number of hydrogen-bond acceptors (Lipinski definition) is 4. The molecule has 6 nitrogen and oxygen atoms in total. The van der Waals surface area contributed by atoms with Gasteiger partial charge in [0.15, 0.2) is 0 Å². The number of rotatable bonds is 4. The van der Waals surface area contributed by atoms with E-state index in [0.717, 1.165) is 16.9 Å². The Bertz CT molecular complexity index is 681. The van der Waals surface area contributed by atoms with Crippen molar-refractivity contribution < 1.29 is 9.59 Å². The minimum absolute atomic E-state index is 0.787. The van der Waals surface area contributed by atoms with Crippen molar-refractivity contribution in [3.8, 4) is 0 Å². The molecule has 0 aliphatic rings. The van der Waals surface area contributed by atoms with Gasteiger partial charge in [0.2, 0.25) is 0 Å². The fourth-order valence-electron chi connectivity index (χ4n) is 1.81. The van der Waals surface area contributed by atoms with Gasteiger partial charge in [-0.05, 0) is 29.8 Å². The van der Waals surface area contributed by atoms with E-state index < -0.39 is 11.8 Å². The molecule has 0 aliphatic carbocycles. The fourth-order valence-corrected chi connectivity index (χ4v) is 1.81. The Labute approximate surface area is 128 Å². The van der Waals surface area contributed by atoms with Crippen molar-refractivity contribution >= 4 is 29.4 Å². The van der Waals surface area contributed by atoms with Crippen LogP contribution in [0.1, 0.15) is 5.56 Å². The SMILES string of the molecule is CN(c1ccccc1)c1ccc(C=NNC(=O)C(N)=O)cc1. The van der Waals surface area contributed by atoms with Crippen LogP contribution >= 0.6 is 0 Å². The van der Waals surface area contributed by atoms with Gasteiger partial charge in [0.05, 0.1) is 6.21 Å². The van der Waals surface area contributed by atoms with Crippen molar-refractivity contribution in [1.29, 1.82) is 0 Å². The van der Waals surface area contributed by atoms with Crippen molar-refractivity contribution in [2.45, 2.75) is 0 Å². The second-order valence-corrected chi connectivity index (χ2v) is 4.55. The van der Waals surface area contributed by atoms with Crippen molar-refractivity contribution in [2.24, 2.45) is 10.8 Å². The zero-order valence-electron chi connectivity index (χ0n) is 12.1. The summed E-state index contributed by atoms with van der Waals surface area (Å²) in [7, 11) is 1.98. The van der Waals surface area contributed by atoms with Crippen molar-refractivity contribution in [3.63, 3.8) is 0 Å². The van der Waals surface area contributed by atoms with Crippen molar-refractivity contribution in [2.75, 3.05) is 11.9 Å². The molecule has 0 heterocycles. The number of benzene rings is 2. The second-order valence-electron chi connectivity index (χ2n) is 4.55. The molecule has 22 heavy (non-hydrogen) atoms. The predicted molar refractivity (Wildman–Crippen MR) is 85.9 cm³/mol. The quantitative estimate of drug-likeness (QED) is 0.508. The molecular weight excluding hydrogens is 280 g/mol. The summed E-state index contributed by atoms with van der Waals surface area (Å²) in [5.41, 5.74) is 9.72. The average molecular weight is 296 g/mol. The van der Waals surface area contributed by atoms with Crippen molar-refractivity contribution in [3.05, 3.63) is 60.2 Å². The molecule has 0 saturated carbocycles. The highest BCUT2D eigenvalue weighted by atomic mass is 16.2. The molecule has 0 aromatic heterocycles. The molecule has 0 radical (unpaired) electrons. The van der Waals surface area contributed by atoms with Gasteiger partial charge in [0.1, 0.15) is 0 Å². The summed E-state index contributed by atoms with van der Waals surface area (Å²) in [5.74, 6) is -2.02. The zero-order chi connectivity index (χ0) is 15.9. The Morgan fingerprint density at radius 3 is 2.23 bits per heavy atom. The molecule has 2 rings (SSSR count). The maximum Gasteiger partial charge on any atom is 0.329 e. The lowest BCUT2D eigenvalue weighted by Gasteiger charge is -2.19.